The number of rotatable bonds is 2. The number of allylic oxidation sites excluding steroid dienone is 2. The van der Waals surface area contributed by atoms with Gasteiger partial charge in [0.2, 0.25) is 5.91 Å². The molecule has 0 radical (unpaired) electrons. The minimum Gasteiger partial charge on any atom is -0.329 e. The van der Waals surface area contributed by atoms with Crippen LogP contribution in [0, 0.1) is 0 Å². The van der Waals surface area contributed by atoms with Crippen molar-refractivity contribution in [3.63, 3.8) is 0 Å². The lowest BCUT2D eigenvalue weighted by Gasteiger charge is -2.35. The largest absolute Gasteiger partial charge is 0.329 e. The first-order chi connectivity index (χ1) is 12.9. The van der Waals surface area contributed by atoms with E-state index in [2.05, 4.69) is 5.32 Å². The van der Waals surface area contributed by atoms with Gasteiger partial charge in [-0.1, -0.05) is 59.1 Å². The molecule has 3 nitrogen and oxygen atoms in total. The van der Waals surface area contributed by atoms with E-state index in [-0.39, 0.29) is 29.9 Å². The second kappa shape index (κ2) is 7.31. The highest BCUT2D eigenvalue weighted by atomic mass is 35.5. The van der Waals surface area contributed by atoms with Gasteiger partial charge in [-0.05, 0) is 41.7 Å². The SMILES string of the molecule is O=C1C[C@@H](c2ccc(Cl)cc2Cl)C2=C(C[C@H](c3ccccc3Cl)CC2=O)N1. The molecule has 6 heteroatoms. The Morgan fingerprint density at radius 1 is 0.852 bits per heavy atom. The maximum Gasteiger partial charge on any atom is 0.225 e. The molecule has 1 N–H and O–H groups in total. The van der Waals surface area contributed by atoms with Crippen LogP contribution >= 0.6 is 34.8 Å². The normalized spacial score (nSPS) is 22.5. The fourth-order valence-electron chi connectivity index (χ4n) is 4.04. The number of halogens is 3. The quantitative estimate of drug-likeness (QED) is 0.682. The average molecular weight is 421 g/mol. The van der Waals surface area contributed by atoms with Crippen molar-refractivity contribution in [2.24, 2.45) is 0 Å². The molecule has 0 unspecified atom stereocenters. The van der Waals surface area contributed by atoms with Crippen molar-refractivity contribution in [1.29, 1.82) is 0 Å². The third kappa shape index (κ3) is 3.52. The number of nitrogens with one attached hydrogen (secondary N) is 1. The second-order valence-electron chi connectivity index (χ2n) is 6.91. The van der Waals surface area contributed by atoms with Crippen LogP contribution in [-0.4, -0.2) is 11.7 Å². The number of ketones is 1. The number of amides is 1. The summed E-state index contributed by atoms with van der Waals surface area (Å²) in [5, 5.41) is 4.53. The van der Waals surface area contributed by atoms with Crippen molar-refractivity contribution >= 4 is 46.5 Å². The van der Waals surface area contributed by atoms with Crippen LogP contribution in [0.25, 0.3) is 0 Å². The molecule has 2 atom stereocenters. The molecule has 1 aliphatic carbocycles. The zero-order valence-corrected chi connectivity index (χ0v) is 16.5. The Morgan fingerprint density at radius 2 is 1.63 bits per heavy atom. The Balaban J connectivity index is 1.75. The monoisotopic (exact) mass is 419 g/mol. The van der Waals surface area contributed by atoms with Gasteiger partial charge >= 0.3 is 0 Å². The second-order valence-corrected chi connectivity index (χ2v) is 8.16. The summed E-state index contributed by atoms with van der Waals surface area (Å²) in [6.45, 7) is 0. The van der Waals surface area contributed by atoms with E-state index in [4.69, 9.17) is 34.8 Å². The van der Waals surface area contributed by atoms with Crippen molar-refractivity contribution in [2.75, 3.05) is 0 Å². The molecular formula is C21H16Cl3NO2. The molecule has 0 aromatic heterocycles. The number of carbonyl (C=O) groups excluding carboxylic acids is 2. The van der Waals surface area contributed by atoms with Crippen LogP contribution in [-0.2, 0) is 9.59 Å². The van der Waals surface area contributed by atoms with E-state index in [1.807, 2.05) is 24.3 Å². The molecule has 1 aliphatic heterocycles. The van der Waals surface area contributed by atoms with Gasteiger partial charge in [-0.25, -0.2) is 0 Å². The molecule has 0 spiro atoms. The van der Waals surface area contributed by atoms with Crippen molar-refractivity contribution in [1.82, 2.24) is 5.32 Å². The third-order valence-electron chi connectivity index (χ3n) is 5.22. The van der Waals surface area contributed by atoms with Crippen LogP contribution in [0.15, 0.2) is 53.7 Å². The molecule has 27 heavy (non-hydrogen) atoms. The summed E-state index contributed by atoms with van der Waals surface area (Å²) < 4.78 is 0. The lowest BCUT2D eigenvalue weighted by molar-refractivity contribution is -0.122. The first-order valence-corrected chi connectivity index (χ1v) is 9.83. The molecule has 138 valence electrons. The summed E-state index contributed by atoms with van der Waals surface area (Å²) in [5.41, 5.74) is 3.03. The summed E-state index contributed by atoms with van der Waals surface area (Å²) >= 11 is 18.7. The number of hydrogen-bond donors (Lipinski definition) is 1. The Hall–Kier alpha value is -1.81. The van der Waals surface area contributed by atoms with Crippen LogP contribution < -0.4 is 5.32 Å². The lowest BCUT2D eigenvalue weighted by atomic mass is 9.73. The van der Waals surface area contributed by atoms with E-state index in [0.29, 0.717) is 39.2 Å². The summed E-state index contributed by atoms with van der Waals surface area (Å²) in [4.78, 5) is 25.4. The molecule has 4 rings (SSSR count). The molecule has 0 bridgehead atoms. The molecule has 0 saturated heterocycles. The van der Waals surface area contributed by atoms with Crippen LogP contribution in [0.1, 0.15) is 42.2 Å². The van der Waals surface area contributed by atoms with Gasteiger partial charge in [-0.15, -0.1) is 0 Å². The molecule has 2 aliphatic rings. The topological polar surface area (TPSA) is 46.2 Å². The standard InChI is InChI=1S/C21H16Cl3NO2/c22-12-5-6-14(17(24)9-12)15-10-20(27)25-18-7-11(8-19(26)21(15)18)13-3-1-2-4-16(13)23/h1-6,9,11,15H,7-8,10H2,(H,25,27)/t11-,15-/m0/s1. The van der Waals surface area contributed by atoms with Crippen LogP contribution in [0.4, 0.5) is 0 Å². The molecule has 0 saturated carbocycles. The molecule has 2 aromatic rings. The summed E-state index contributed by atoms with van der Waals surface area (Å²) in [6.07, 6.45) is 1.13. The first kappa shape index (κ1) is 18.5. The van der Waals surface area contributed by atoms with Gasteiger partial charge in [-0.3, -0.25) is 9.59 Å². The maximum atomic E-state index is 13.1. The fourth-order valence-corrected chi connectivity index (χ4v) is 4.87. The molecule has 1 amide bonds. The van der Waals surface area contributed by atoms with Crippen LogP contribution in [0.5, 0.6) is 0 Å². The summed E-state index contributed by atoms with van der Waals surface area (Å²) in [7, 11) is 0. The van der Waals surface area contributed by atoms with E-state index < -0.39 is 0 Å². The van der Waals surface area contributed by atoms with Gasteiger partial charge in [0.25, 0.3) is 0 Å². The van der Waals surface area contributed by atoms with Crippen molar-refractivity contribution in [3.8, 4) is 0 Å². The van der Waals surface area contributed by atoms with Gasteiger partial charge in [0.15, 0.2) is 5.78 Å². The van der Waals surface area contributed by atoms with Crippen LogP contribution in [0.3, 0.4) is 0 Å². The number of Topliss-reactive ketones (excluding diaryl/α,β-unsaturated/α-hetero) is 1. The minimum atomic E-state index is -0.349. The highest BCUT2D eigenvalue weighted by Gasteiger charge is 2.39. The summed E-state index contributed by atoms with van der Waals surface area (Å²) in [6, 6.07) is 12.7. The van der Waals surface area contributed by atoms with Crippen molar-refractivity contribution in [2.45, 2.75) is 31.1 Å². The Labute approximate surface area is 172 Å². The first-order valence-electron chi connectivity index (χ1n) is 8.69. The number of hydrogen-bond acceptors (Lipinski definition) is 2. The Kier molecular flexibility index (Phi) is 5.02. The van der Waals surface area contributed by atoms with Gasteiger partial charge in [0.05, 0.1) is 0 Å². The maximum absolute atomic E-state index is 13.1. The number of benzene rings is 2. The molecular weight excluding hydrogens is 405 g/mol. The minimum absolute atomic E-state index is 0.0252. The highest BCUT2D eigenvalue weighted by molar-refractivity contribution is 6.35. The van der Waals surface area contributed by atoms with Crippen molar-refractivity contribution in [3.05, 3.63) is 79.9 Å². The molecule has 2 aromatic carbocycles. The van der Waals surface area contributed by atoms with E-state index in [1.54, 1.807) is 18.2 Å². The zero-order valence-electron chi connectivity index (χ0n) is 14.3. The van der Waals surface area contributed by atoms with Gasteiger partial charge in [0, 0.05) is 45.1 Å². The van der Waals surface area contributed by atoms with E-state index in [9.17, 15) is 9.59 Å². The zero-order chi connectivity index (χ0) is 19.1. The number of carbonyl (C=O) groups is 2. The van der Waals surface area contributed by atoms with Crippen molar-refractivity contribution < 1.29 is 9.59 Å². The van der Waals surface area contributed by atoms with E-state index in [0.717, 1.165) is 11.1 Å². The van der Waals surface area contributed by atoms with Gasteiger partial charge in [0.1, 0.15) is 0 Å². The predicted octanol–water partition coefficient (Wildman–Crippen LogP) is 5.65. The molecule has 1 heterocycles. The van der Waals surface area contributed by atoms with E-state index in [1.165, 1.54) is 0 Å². The fraction of sp³-hybridized carbons (Fsp3) is 0.238. The lowest BCUT2D eigenvalue weighted by Crippen LogP contribution is -2.38. The smallest absolute Gasteiger partial charge is 0.225 e. The predicted molar refractivity (Wildman–Crippen MR) is 107 cm³/mol. The van der Waals surface area contributed by atoms with E-state index >= 15 is 0 Å². The third-order valence-corrected chi connectivity index (χ3v) is 6.13. The molecule has 0 fully saturated rings. The Bertz CT molecular complexity index is 983. The van der Waals surface area contributed by atoms with Gasteiger partial charge < -0.3 is 5.32 Å². The Morgan fingerprint density at radius 3 is 2.37 bits per heavy atom. The average Bonchev–Trinajstić information content (AvgIpc) is 2.61. The summed E-state index contributed by atoms with van der Waals surface area (Å²) in [5.74, 6) is -0.488. The van der Waals surface area contributed by atoms with Gasteiger partial charge in [-0.2, -0.15) is 0 Å². The highest BCUT2D eigenvalue weighted by Crippen LogP contribution is 2.45. The van der Waals surface area contributed by atoms with Crippen LogP contribution in [0.2, 0.25) is 15.1 Å².